The quantitative estimate of drug-likeness (QED) is 0.910. The number of nitrogens with one attached hydrogen (secondary N) is 1. The molecule has 1 spiro atoms. The maximum absolute atomic E-state index is 6.10. The summed E-state index contributed by atoms with van der Waals surface area (Å²) in [5.74, 6) is 1.79. The Balaban J connectivity index is 1.62. The number of benzene rings is 1. The molecule has 3 rings (SSSR count). The summed E-state index contributed by atoms with van der Waals surface area (Å²) >= 11 is 3.57. The minimum Gasteiger partial charge on any atom is -0.493 e. The predicted molar refractivity (Wildman–Crippen MR) is 81.6 cm³/mol. The molecule has 0 radical (unpaired) electrons. The molecule has 1 aromatic carbocycles. The molecule has 0 aromatic heterocycles. The van der Waals surface area contributed by atoms with Gasteiger partial charge in [0.1, 0.15) is 5.75 Å². The first-order valence-corrected chi connectivity index (χ1v) is 8.09. The van der Waals surface area contributed by atoms with Gasteiger partial charge in [0.2, 0.25) is 0 Å². The zero-order valence-corrected chi connectivity index (χ0v) is 13.1. The molecule has 1 N–H and O–H groups in total. The minimum atomic E-state index is 0.588. The third kappa shape index (κ3) is 2.55. The van der Waals surface area contributed by atoms with Crippen LogP contribution in [-0.4, -0.2) is 19.7 Å². The van der Waals surface area contributed by atoms with Crippen LogP contribution in [0.3, 0.4) is 0 Å². The van der Waals surface area contributed by atoms with E-state index >= 15 is 0 Å². The van der Waals surface area contributed by atoms with Crippen molar-refractivity contribution < 1.29 is 4.74 Å². The van der Waals surface area contributed by atoms with Crippen LogP contribution in [0.2, 0.25) is 0 Å². The monoisotopic (exact) mass is 323 g/mol. The van der Waals surface area contributed by atoms with E-state index in [0.717, 1.165) is 22.7 Å². The number of hydrogen-bond acceptors (Lipinski definition) is 2. The van der Waals surface area contributed by atoms with Crippen LogP contribution in [-0.2, 0) is 0 Å². The maximum Gasteiger partial charge on any atom is 0.123 e. The highest BCUT2D eigenvalue weighted by molar-refractivity contribution is 9.10. The molecule has 2 nitrogen and oxygen atoms in total. The summed E-state index contributed by atoms with van der Waals surface area (Å²) in [6.45, 7) is 5.37. The highest BCUT2D eigenvalue weighted by Crippen LogP contribution is 2.52. The predicted octanol–water partition coefficient (Wildman–Crippen LogP) is 3.92. The fourth-order valence-corrected chi connectivity index (χ4v) is 3.88. The van der Waals surface area contributed by atoms with E-state index in [1.165, 1.54) is 44.3 Å². The second-order valence-corrected chi connectivity index (χ2v) is 6.88. The van der Waals surface area contributed by atoms with E-state index in [1.54, 1.807) is 0 Å². The van der Waals surface area contributed by atoms with Gasteiger partial charge in [-0.15, -0.1) is 0 Å². The fraction of sp³-hybridized carbons (Fsp3) is 0.625. The van der Waals surface area contributed by atoms with Gasteiger partial charge in [0.25, 0.3) is 0 Å². The molecule has 1 saturated heterocycles. The first-order chi connectivity index (χ1) is 9.21. The molecule has 0 amide bonds. The number of ether oxygens (including phenoxy) is 1. The lowest BCUT2D eigenvalue weighted by Gasteiger charge is -2.52. The van der Waals surface area contributed by atoms with Crippen LogP contribution in [0.4, 0.5) is 0 Å². The number of rotatable bonds is 3. The van der Waals surface area contributed by atoms with E-state index in [9.17, 15) is 0 Å². The van der Waals surface area contributed by atoms with Crippen molar-refractivity contribution in [3.8, 4) is 5.75 Å². The van der Waals surface area contributed by atoms with Crippen molar-refractivity contribution >= 4 is 15.9 Å². The molecule has 1 aliphatic carbocycles. The first-order valence-electron chi connectivity index (χ1n) is 7.30. The molecular formula is C16H22BrNO. The standard InChI is InChI=1S/C16H22BrNO/c1-12-14(17)3-2-4-15(12)19-11-13-5-6-16(13)7-9-18-10-8-16/h2-4,13,18H,5-11H2,1H3. The van der Waals surface area contributed by atoms with Crippen LogP contribution in [0.25, 0.3) is 0 Å². The van der Waals surface area contributed by atoms with E-state index < -0.39 is 0 Å². The summed E-state index contributed by atoms with van der Waals surface area (Å²) in [4.78, 5) is 0. The smallest absolute Gasteiger partial charge is 0.123 e. The van der Waals surface area contributed by atoms with Gasteiger partial charge in [0, 0.05) is 10.0 Å². The average Bonchev–Trinajstić information content (AvgIpc) is 2.43. The fourth-order valence-electron chi connectivity index (χ4n) is 3.53. The van der Waals surface area contributed by atoms with Crippen LogP contribution in [0.15, 0.2) is 22.7 Å². The summed E-state index contributed by atoms with van der Waals surface area (Å²) in [6.07, 6.45) is 5.41. The minimum absolute atomic E-state index is 0.588. The third-order valence-electron chi connectivity index (χ3n) is 5.11. The lowest BCUT2D eigenvalue weighted by atomic mass is 9.56. The number of halogens is 1. The zero-order valence-electron chi connectivity index (χ0n) is 11.5. The van der Waals surface area contributed by atoms with Crippen LogP contribution in [0.1, 0.15) is 31.2 Å². The molecule has 0 bridgehead atoms. The number of piperidine rings is 1. The van der Waals surface area contributed by atoms with Gasteiger partial charge in [-0.05, 0) is 69.2 Å². The van der Waals surface area contributed by atoms with E-state index in [1.807, 2.05) is 6.07 Å². The molecule has 3 heteroatoms. The van der Waals surface area contributed by atoms with Gasteiger partial charge in [-0.1, -0.05) is 22.0 Å². The van der Waals surface area contributed by atoms with E-state index in [2.05, 4.69) is 40.3 Å². The summed E-state index contributed by atoms with van der Waals surface area (Å²) in [5.41, 5.74) is 1.80. The molecule has 104 valence electrons. The molecule has 1 aliphatic heterocycles. The van der Waals surface area contributed by atoms with Crippen LogP contribution in [0.5, 0.6) is 5.75 Å². The van der Waals surface area contributed by atoms with Gasteiger partial charge in [0.15, 0.2) is 0 Å². The van der Waals surface area contributed by atoms with Gasteiger partial charge >= 0.3 is 0 Å². The summed E-state index contributed by atoms with van der Waals surface area (Å²) in [7, 11) is 0. The Hall–Kier alpha value is -0.540. The Morgan fingerprint density at radius 3 is 2.79 bits per heavy atom. The van der Waals surface area contributed by atoms with Gasteiger partial charge < -0.3 is 10.1 Å². The Kier molecular flexibility index (Phi) is 3.86. The maximum atomic E-state index is 6.10. The van der Waals surface area contributed by atoms with Crippen molar-refractivity contribution in [3.05, 3.63) is 28.2 Å². The summed E-state index contributed by atoms with van der Waals surface area (Å²) in [5, 5.41) is 3.47. The Labute approximate surface area is 124 Å². The van der Waals surface area contributed by atoms with E-state index in [0.29, 0.717) is 5.41 Å². The molecule has 1 unspecified atom stereocenters. The lowest BCUT2D eigenvalue weighted by Crippen LogP contribution is -2.49. The zero-order chi connectivity index (χ0) is 13.3. The molecule has 1 aromatic rings. The molecule has 1 heterocycles. The SMILES string of the molecule is Cc1c(Br)cccc1OCC1CCC12CCNCC2. The van der Waals surface area contributed by atoms with E-state index in [4.69, 9.17) is 4.74 Å². The normalized spacial score (nSPS) is 25.1. The molecule has 19 heavy (non-hydrogen) atoms. The topological polar surface area (TPSA) is 21.3 Å². The summed E-state index contributed by atoms with van der Waals surface area (Å²) < 4.78 is 7.23. The summed E-state index contributed by atoms with van der Waals surface area (Å²) in [6, 6.07) is 6.20. The van der Waals surface area contributed by atoms with Crippen molar-refractivity contribution in [1.29, 1.82) is 0 Å². The second-order valence-electron chi connectivity index (χ2n) is 6.02. The van der Waals surface area contributed by atoms with Crippen molar-refractivity contribution in [1.82, 2.24) is 5.32 Å². The van der Waals surface area contributed by atoms with Gasteiger partial charge in [-0.25, -0.2) is 0 Å². The molecule has 1 saturated carbocycles. The largest absolute Gasteiger partial charge is 0.493 e. The van der Waals surface area contributed by atoms with Gasteiger partial charge in [-0.3, -0.25) is 0 Å². The Morgan fingerprint density at radius 1 is 1.32 bits per heavy atom. The van der Waals surface area contributed by atoms with E-state index in [-0.39, 0.29) is 0 Å². The second kappa shape index (κ2) is 5.45. The van der Waals surface area contributed by atoms with Gasteiger partial charge in [0.05, 0.1) is 6.61 Å². The first kappa shape index (κ1) is 13.4. The third-order valence-corrected chi connectivity index (χ3v) is 5.97. The Bertz CT molecular complexity index is 454. The molecule has 1 atom stereocenters. The average molecular weight is 324 g/mol. The van der Waals surface area contributed by atoms with Crippen LogP contribution < -0.4 is 10.1 Å². The highest BCUT2D eigenvalue weighted by atomic mass is 79.9. The van der Waals surface area contributed by atoms with Crippen molar-refractivity contribution in [3.63, 3.8) is 0 Å². The molecule has 2 fully saturated rings. The van der Waals surface area contributed by atoms with Crippen molar-refractivity contribution in [2.24, 2.45) is 11.3 Å². The highest BCUT2D eigenvalue weighted by Gasteiger charge is 2.47. The molecule has 2 aliphatic rings. The molecular weight excluding hydrogens is 302 g/mol. The lowest BCUT2D eigenvalue weighted by molar-refractivity contribution is -0.0292. The Morgan fingerprint density at radius 2 is 2.11 bits per heavy atom. The van der Waals surface area contributed by atoms with Crippen molar-refractivity contribution in [2.75, 3.05) is 19.7 Å². The van der Waals surface area contributed by atoms with Gasteiger partial charge in [-0.2, -0.15) is 0 Å². The van der Waals surface area contributed by atoms with Crippen molar-refractivity contribution in [2.45, 2.75) is 32.6 Å². The van der Waals surface area contributed by atoms with Crippen LogP contribution in [0, 0.1) is 18.3 Å². The van der Waals surface area contributed by atoms with Crippen LogP contribution >= 0.6 is 15.9 Å². The number of hydrogen-bond donors (Lipinski definition) is 1.